The van der Waals surface area contributed by atoms with Gasteiger partial charge in [-0.05, 0) is 68.9 Å². The van der Waals surface area contributed by atoms with Crippen LogP contribution < -0.4 is 0 Å². The van der Waals surface area contributed by atoms with Crippen molar-refractivity contribution in [3.05, 3.63) is 146 Å². The van der Waals surface area contributed by atoms with Crippen molar-refractivity contribution in [1.82, 2.24) is 19.5 Å². The minimum atomic E-state index is 0.660. The van der Waals surface area contributed by atoms with Crippen LogP contribution in [0.5, 0.6) is 0 Å². The number of hydrogen-bond donors (Lipinski definition) is 0. The maximum Gasteiger partial charge on any atom is 0.235 e. The Balaban J connectivity index is 1.36. The molecular weight excluding hydrogens is 548 g/mol. The first-order valence-corrected chi connectivity index (χ1v) is 15.2. The van der Waals surface area contributed by atoms with Crippen molar-refractivity contribution in [2.75, 3.05) is 0 Å². The fourth-order valence-electron chi connectivity index (χ4n) is 7.29. The van der Waals surface area contributed by atoms with E-state index in [-0.39, 0.29) is 0 Å². The van der Waals surface area contributed by atoms with Crippen molar-refractivity contribution in [3.8, 4) is 50.6 Å². The van der Waals surface area contributed by atoms with E-state index in [2.05, 4.69) is 131 Å². The minimum absolute atomic E-state index is 0.660. The van der Waals surface area contributed by atoms with Crippen LogP contribution in [0, 0.1) is 0 Å². The van der Waals surface area contributed by atoms with Gasteiger partial charge in [0.05, 0.1) is 22.2 Å². The van der Waals surface area contributed by atoms with Crippen LogP contribution in [0.15, 0.2) is 146 Å². The first kappa shape index (κ1) is 24.3. The van der Waals surface area contributed by atoms with E-state index >= 15 is 0 Å². The van der Waals surface area contributed by atoms with Gasteiger partial charge in [0.15, 0.2) is 0 Å². The van der Waals surface area contributed by atoms with Gasteiger partial charge in [0.2, 0.25) is 5.95 Å². The normalized spacial score (nSPS) is 12.0. The molecule has 1 aliphatic carbocycles. The zero-order chi connectivity index (χ0) is 29.5. The van der Waals surface area contributed by atoms with Crippen LogP contribution in [0.1, 0.15) is 0 Å². The average Bonchev–Trinajstić information content (AvgIpc) is 3.38. The number of hydrogen-bond acceptors (Lipinski definition) is 3. The summed E-state index contributed by atoms with van der Waals surface area (Å²) in [6.07, 6.45) is 3.92. The number of rotatable bonds is 2. The van der Waals surface area contributed by atoms with Crippen LogP contribution >= 0.6 is 0 Å². The van der Waals surface area contributed by atoms with E-state index in [0.717, 1.165) is 44.1 Å². The molecule has 0 amide bonds. The third-order valence-corrected chi connectivity index (χ3v) is 9.25. The molecule has 0 spiro atoms. The highest BCUT2D eigenvalue weighted by atomic mass is 15.2. The number of benzene rings is 6. The molecule has 1 aliphatic rings. The van der Waals surface area contributed by atoms with Gasteiger partial charge in [-0.2, -0.15) is 0 Å². The third kappa shape index (κ3) is 3.45. The van der Waals surface area contributed by atoms with Crippen molar-refractivity contribution in [1.29, 1.82) is 0 Å². The molecule has 0 unspecified atom stereocenters. The van der Waals surface area contributed by atoms with Crippen molar-refractivity contribution in [2.24, 2.45) is 0 Å². The molecule has 0 bridgehead atoms. The second-order valence-corrected chi connectivity index (χ2v) is 11.7. The molecule has 9 aromatic rings. The summed E-state index contributed by atoms with van der Waals surface area (Å²) < 4.78 is 2.24. The van der Waals surface area contributed by atoms with Crippen LogP contribution in [-0.2, 0) is 0 Å². The fourth-order valence-corrected chi connectivity index (χ4v) is 7.29. The third-order valence-electron chi connectivity index (χ3n) is 9.25. The Morgan fingerprint density at radius 2 is 1.20 bits per heavy atom. The summed E-state index contributed by atoms with van der Waals surface area (Å²) in [5, 5.41) is 5.86. The standard InChI is InChI=1S/C41H24N4/c1-2-10-26(11-3-1)40-31-15-4-6-18-36(31)43-41(44-40)45-37-19-7-5-14-28(37)34-22-32-33(23-38(34)45)30-17-9-13-25-12-8-16-29(39(25)30)27-20-21-42-24-35(27)32/h1-24H. The highest BCUT2D eigenvalue weighted by Gasteiger charge is 2.25. The zero-order valence-corrected chi connectivity index (χ0v) is 24.1. The SMILES string of the molecule is c1ccc(-c2nc(-n3c4ccccc4c4cc5c(cc43)-c3cccc4cccc(c34)-c3ccncc3-5)nc3ccccc23)cc1. The topological polar surface area (TPSA) is 43.6 Å². The Kier molecular flexibility index (Phi) is 4.96. The minimum Gasteiger partial charge on any atom is -0.278 e. The molecule has 4 heteroatoms. The quantitative estimate of drug-likeness (QED) is 0.207. The molecular formula is C41H24N4. The molecule has 45 heavy (non-hydrogen) atoms. The van der Waals surface area contributed by atoms with Gasteiger partial charge in [0.25, 0.3) is 0 Å². The van der Waals surface area contributed by atoms with Gasteiger partial charge in [0.1, 0.15) is 0 Å². The van der Waals surface area contributed by atoms with Gasteiger partial charge in [0, 0.05) is 39.7 Å². The summed E-state index contributed by atoms with van der Waals surface area (Å²) in [5.41, 5.74) is 12.2. The smallest absolute Gasteiger partial charge is 0.235 e. The highest BCUT2D eigenvalue weighted by Crippen LogP contribution is 2.49. The van der Waals surface area contributed by atoms with Gasteiger partial charge < -0.3 is 0 Å². The summed E-state index contributed by atoms with van der Waals surface area (Å²) in [5.74, 6) is 0.660. The van der Waals surface area contributed by atoms with E-state index in [1.807, 2.05) is 24.5 Å². The van der Waals surface area contributed by atoms with Gasteiger partial charge >= 0.3 is 0 Å². The number of fused-ring (bicyclic) bond motifs is 9. The van der Waals surface area contributed by atoms with Crippen LogP contribution in [0.2, 0.25) is 0 Å². The number of pyridine rings is 1. The summed E-state index contributed by atoms with van der Waals surface area (Å²) in [7, 11) is 0. The maximum absolute atomic E-state index is 5.30. The first-order chi connectivity index (χ1) is 22.3. The van der Waals surface area contributed by atoms with Crippen LogP contribution in [0.4, 0.5) is 0 Å². The van der Waals surface area contributed by atoms with E-state index in [0.29, 0.717) is 5.95 Å². The van der Waals surface area contributed by atoms with E-state index in [9.17, 15) is 0 Å². The molecule has 10 rings (SSSR count). The lowest BCUT2D eigenvalue weighted by atomic mass is 9.93. The van der Waals surface area contributed by atoms with Crippen molar-refractivity contribution >= 4 is 43.5 Å². The predicted molar refractivity (Wildman–Crippen MR) is 184 cm³/mol. The van der Waals surface area contributed by atoms with Gasteiger partial charge in [-0.3, -0.25) is 9.55 Å². The van der Waals surface area contributed by atoms with Crippen LogP contribution in [-0.4, -0.2) is 19.5 Å². The molecule has 0 N–H and O–H groups in total. The second kappa shape index (κ2) is 9.18. The summed E-state index contributed by atoms with van der Waals surface area (Å²) in [6, 6.07) is 47.3. The Labute approximate surface area is 258 Å². The Bertz CT molecular complexity index is 2650. The number of aromatic nitrogens is 4. The molecule has 0 aliphatic heterocycles. The molecule has 3 heterocycles. The largest absolute Gasteiger partial charge is 0.278 e. The summed E-state index contributed by atoms with van der Waals surface area (Å²) in [4.78, 5) is 15.1. The van der Waals surface area contributed by atoms with E-state index < -0.39 is 0 Å². The number of para-hydroxylation sites is 2. The van der Waals surface area contributed by atoms with Crippen LogP contribution in [0.3, 0.4) is 0 Å². The molecule has 0 saturated heterocycles. The average molecular weight is 573 g/mol. The predicted octanol–water partition coefficient (Wildman–Crippen LogP) is 10.3. The lowest BCUT2D eigenvalue weighted by Crippen LogP contribution is -2.03. The van der Waals surface area contributed by atoms with E-state index in [1.165, 1.54) is 44.0 Å². The van der Waals surface area contributed by atoms with Gasteiger partial charge in [-0.1, -0.05) is 103 Å². The van der Waals surface area contributed by atoms with Crippen LogP contribution in [0.25, 0.3) is 94.1 Å². The first-order valence-electron chi connectivity index (χ1n) is 15.2. The number of nitrogens with zero attached hydrogens (tertiary/aromatic N) is 4. The van der Waals surface area contributed by atoms with Crippen molar-refractivity contribution in [2.45, 2.75) is 0 Å². The van der Waals surface area contributed by atoms with Crippen molar-refractivity contribution in [3.63, 3.8) is 0 Å². The Hall–Kier alpha value is -6.13. The van der Waals surface area contributed by atoms with E-state index in [1.54, 1.807) is 0 Å². The monoisotopic (exact) mass is 572 g/mol. The van der Waals surface area contributed by atoms with Gasteiger partial charge in [-0.15, -0.1) is 0 Å². The molecule has 3 aromatic heterocycles. The fraction of sp³-hybridized carbons (Fsp3) is 0. The van der Waals surface area contributed by atoms with E-state index in [4.69, 9.17) is 9.97 Å². The Morgan fingerprint density at radius 3 is 2.07 bits per heavy atom. The highest BCUT2D eigenvalue weighted by molar-refractivity contribution is 6.18. The van der Waals surface area contributed by atoms with Crippen molar-refractivity contribution < 1.29 is 0 Å². The summed E-state index contributed by atoms with van der Waals surface area (Å²) in [6.45, 7) is 0. The molecule has 6 aromatic carbocycles. The molecule has 0 atom stereocenters. The lowest BCUT2D eigenvalue weighted by Gasteiger charge is -2.14. The molecule has 0 radical (unpaired) electrons. The second-order valence-electron chi connectivity index (χ2n) is 11.7. The molecule has 208 valence electrons. The molecule has 4 nitrogen and oxygen atoms in total. The zero-order valence-electron chi connectivity index (χ0n) is 24.1. The molecule has 0 fully saturated rings. The van der Waals surface area contributed by atoms with Gasteiger partial charge in [-0.25, -0.2) is 9.97 Å². The lowest BCUT2D eigenvalue weighted by molar-refractivity contribution is 1.01. The Morgan fingerprint density at radius 1 is 0.467 bits per heavy atom. The maximum atomic E-state index is 5.30. The summed E-state index contributed by atoms with van der Waals surface area (Å²) >= 11 is 0. The molecule has 0 saturated carbocycles.